The van der Waals surface area contributed by atoms with E-state index in [-0.39, 0.29) is 18.4 Å². The first-order valence-corrected chi connectivity index (χ1v) is 8.67. The highest BCUT2D eigenvalue weighted by Crippen LogP contribution is 2.52. The summed E-state index contributed by atoms with van der Waals surface area (Å²) in [6.45, 7) is 4.26. The van der Waals surface area contributed by atoms with E-state index in [1.165, 1.54) is 30.2 Å². The first-order valence-electron chi connectivity index (χ1n) is 8.67. The van der Waals surface area contributed by atoms with Crippen LogP contribution < -0.4 is 5.32 Å². The largest absolute Gasteiger partial charge is 0.465 e. The van der Waals surface area contributed by atoms with Gasteiger partial charge in [0.15, 0.2) is 0 Å². The summed E-state index contributed by atoms with van der Waals surface area (Å²) in [5.74, 6) is 1.26. The van der Waals surface area contributed by atoms with Gasteiger partial charge in [-0.25, -0.2) is 4.79 Å². The third-order valence-corrected chi connectivity index (χ3v) is 5.63. The molecule has 3 atom stereocenters. The van der Waals surface area contributed by atoms with Crippen LogP contribution in [0.5, 0.6) is 0 Å². The van der Waals surface area contributed by atoms with Crippen LogP contribution in [-0.2, 0) is 4.74 Å². The van der Waals surface area contributed by atoms with E-state index < -0.39 is 0 Å². The van der Waals surface area contributed by atoms with Gasteiger partial charge in [-0.05, 0) is 54.6 Å². The molecule has 2 aliphatic carbocycles. The lowest BCUT2D eigenvalue weighted by Gasteiger charge is -2.30. The lowest BCUT2D eigenvalue weighted by molar-refractivity contribution is 0.0600. The summed E-state index contributed by atoms with van der Waals surface area (Å²) in [7, 11) is 1.42. The van der Waals surface area contributed by atoms with Crippen molar-refractivity contribution in [1.82, 2.24) is 5.32 Å². The number of allylic oxidation sites excluding steroid dienone is 5. The van der Waals surface area contributed by atoms with E-state index in [0.29, 0.717) is 23.3 Å². The molecule has 0 amide bonds. The summed E-state index contributed by atoms with van der Waals surface area (Å²) < 4.78 is 4.81. The van der Waals surface area contributed by atoms with Crippen molar-refractivity contribution in [3.05, 3.63) is 70.3 Å². The molecule has 3 aliphatic rings. The molecule has 0 bridgehead atoms. The third-order valence-electron chi connectivity index (χ3n) is 5.63. The number of carbonyl (C=O) groups is 1. The molecule has 4 heteroatoms. The Balaban J connectivity index is 0.00000182. The number of halogens is 1. The van der Waals surface area contributed by atoms with Gasteiger partial charge in [0.1, 0.15) is 0 Å². The number of hydrogen-bond acceptors (Lipinski definition) is 3. The Kier molecular flexibility index (Phi) is 5.16. The predicted octanol–water partition coefficient (Wildman–Crippen LogP) is 4.03. The van der Waals surface area contributed by atoms with E-state index in [2.05, 4.69) is 42.6 Å². The number of fused-ring (bicyclic) bond motifs is 2. The molecule has 0 spiro atoms. The van der Waals surface area contributed by atoms with Gasteiger partial charge in [-0.3, -0.25) is 0 Å². The minimum Gasteiger partial charge on any atom is -0.465 e. The minimum atomic E-state index is -0.273. The molecule has 3 unspecified atom stereocenters. The molecule has 1 aromatic carbocycles. The zero-order chi connectivity index (χ0) is 16.7. The maximum absolute atomic E-state index is 11.7. The van der Waals surface area contributed by atoms with E-state index in [9.17, 15) is 4.79 Å². The fraction of sp³-hybridized carbons (Fsp3) is 0.381. The van der Waals surface area contributed by atoms with Gasteiger partial charge in [0, 0.05) is 18.4 Å². The zero-order valence-corrected chi connectivity index (χ0v) is 15.4. The van der Waals surface area contributed by atoms with Crippen molar-refractivity contribution in [1.29, 1.82) is 0 Å². The molecule has 1 saturated heterocycles. The van der Waals surface area contributed by atoms with Crippen LogP contribution in [0.25, 0.3) is 0 Å². The van der Waals surface area contributed by atoms with Gasteiger partial charge in [0.05, 0.1) is 12.7 Å². The second-order valence-electron chi connectivity index (χ2n) is 6.96. The highest BCUT2D eigenvalue weighted by atomic mass is 35.5. The number of rotatable bonds is 2. The molecular formula is C21H24ClNO2. The van der Waals surface area contributed by atoms with E-state index in [0.717, 1.165) is 13.1 Å². The Morgan fingerprint density at radius 2 is 1.96 bits per heavy atom. The van der Waals surface area contributed by atoms with Crippen LogP contribution in [-0.4, -0.2) is 26.2 Å². The molecule has 25 heavy (non-hydrogen) atoms. The van der Waals surface area contributed by atoms with Crippen LogP contribution >= 0.6 is 12.4 Å². The Hall–Kier alpha value is -1.84. The lowest BCUT2D eigenvalue weighted by Crippen LogP contribution is -2.31. The van der Waals surface area contributed by atoms with Gasteiger partial charge in [-0.15, -0.1) is 12.4 Å². The molecule has 4 rings (SSSR count). The molecule has 3 nitrogen and oxygen atoms in total. The van der Waals surface area contributed by atoms with Gasteiger partial charge >= 0.3 is 5.97 Å². The van der Waals surface area contributed by atoms with E-state index in [1.54, 1.807) is 5.57 Å². The van der Waals surface area contributed by atoms with Crippen LogP contribution in [0.2, 0.25) is 0 Å². The maximum atomic E-state index is 11.7. The molecule has 1 fully saturated rings. The van der Waals surface area contributed by atoms with Crippen molar-refractivity contribution in [2.75, 3.05) is 20.2 Å². The summed E-state index contributed by atoms with van der Waals surface area (Å²) in [4.78, 5) is 11.7. The molecular weight excluding hydrogens is 334 g/mol. The summed E-state index contributed by atoms with van der Waals surface area (Å²) in [6.07, 6.45) is 8.14. The van der Waals surface area contributed by atoms with Crippen LogP contribution in [0, 0.1) is 11.8 Å². The number of benzene rings is 1. The Morgan fingerprint density at radius 3 is 2.68 bits per heavy atom. The standard InChI is InChI=1S/C21H23NO2.ClH/c1-13-3-8-16-18(11-13)20(17-9-10-22-12-19(16)17)14-4-6-15(7-5-14)21(23)24-2;/h3-8,11,17-18,20,22H,9-10,12H2,1-2H3;1H. The van der Waals surface area contributed by atoms with Crippen LogP contribution in [0.15, 0.2) is 59.2 Å². The number of hydrogen-bond donors (Lipinski definition) is 1. The van der Waals surface area contributed by atoms with Gasteiger partial charge in [0.25, 0.3) is 0 Å². The summed E-state index contributed by atoms with van der Waals surface area (Å²) in [5.41, 5.74) is 6.36. The second kappa shape index (κ2) is 7.19. The Labute approximate surface area is 155 Å². The normalized spacial score (nSPS) is 27.1. The van der Waals surface area contributed by atoms with Crippen LogP contribution in [0.4, 0.5) is 0 Å². The fourth-order valence-electron chi connectivity index (χ4n) is 4.53. The van der Waals surface area contributed by atoms with Crippen molar-refractivity contribution in [3.63, 3.8) is 0 Å². The Bertz CT molecular complexity index is 761. The fourth-order valence-corrected chi connectivity index (χ4v) is 4.53. The van der Waals surface area contributed by atoms with Crippen molar-refractivity contribution >= 4 is 18.4 Å². The highest BCUT2D eigenvalue weighted by Gasteiger charge is 2.42. The molecule has 132 valence electrons. The van der Waals surface area contributed by atoms with Crippen molar-refractivity contribution in [2.45, 2.75) is 19.3 Å². The quantitative estimate of drug-likeness (QED) is 0.812. The summed E-state index contributed by atoms with van der Waals surface area (Å²) in [5, 5.41) is 3.53. The highest BCUT2D eigenvalue weighted by molar-refractivity contribution is 5.89. The summed E-state index contributed by atoms with van der Waals surface area (Å²) in [6, 6.07) is 8.02. The molecule has 0 radical (unpaired) electrons. The van der Waals surface area contributed by atoms with Gasteiger partial charge in [-0.2, -0.15) is 0 Å². The Morgan fingerprint density at radius 1 is 1.20 bits per heavy atom. The topological polar surface area (TPSA) is 38.3 Å². The average molecular weight is 358 g/mol. The van der Waals surface area contributed by atoms with E-state index in [1.807, 2.05) is 12.1 Å². The van der Waals surface area contributed by atoms with Gasteiger partial charge < -0.3 is 10.1 Å². The maximum Gasteiger partial charge on any atom is 0.337 e. The first kappa shape index (κ1) is 18.0. The number of nitrogens with one attached hydrogen (secondary N) is 1. The van der Waals surface area contributed by atoms with Gasteiger partial charge in [-0.1, -0.05) is 35.9 Å². The predicted molar refractivity (Wildman–Crippen MR) is 102 cm³/mol. The molecule has 1 aromatic rings. The zero-order valence-electron chi connectivity index (χ0n) is 14.6. The van der Waals surface area contributed by atoms with Crippen molar-refractivity contribution in [2.24, 2.45) is 11.8 Å². The monoisotopic (exact) mass is 357 g/mol. The molecule has 0 aromatic heterocycles. The van der Waals surface area contributed by atoms with E-state index >= 15 is 0 Å². The van der Waals surface area contributed by atoms with E-state index in [4.69, 9.17) is 4.74 Å². The number of ether oxygens (including phenoxy) is 1. The molecule has 1 aliphatic heterocycles. The van der Waals surface area contributed by atoms with Crippen LogP contribution in [0.3, 0.4) is 0 Å². The number of carbonyl (C=O) groups excluding carboxylic acids is 1. The first-order chi connectivity index (χ1) is 11.7. The second-order valence-corrected chi connectivity index (χ2v) is 6.96. The average Bonchev–Trinajstić information content (AvgIpc) is 2.94. The summed E-state index contributed by atoms with van der Waals surface area (Å²) >= 11 is 0. The van der Waals surface area contributed by atoms with Crippen molar-refractivity contribution in [3.8, 4) is 0 Å². The van der Waals surface area contributed by atoms with Crippen molar-refractivity contribution < 1.29 is 9.53 Å². The molecule has 0 saturated carbocycles. The third kappa shape index (κ3) is 3.07. The van der Waals surface area contributed by atoms with Crippen LogP contribution in [0.1, 0.15) is 35.2 Å². The smallest absolute Gasteiger partial charge is 0.337 e. The SMILES string of the molecule is COC(=O)c1ccc(C2C3C=C(C)C=CC3=C3CNCCC32)cc1.Cl. The van der Waals surface area contributed by atoms with Gasteiger partial charge in [0.2, 0.25) is 0 Å². The number of piperidine rings is 1. The molecule has 1 N–H and O–H groups in total. The minimum absolute atomic E-state index is 0. The number of methoxy groups -OCH3 is 1. The molecule has 1 heterocycles. The number of esters is 1. The lowest BCUT2D eigenvalue weighted by atomic mass is 9.76.